The molecule has 5 heteroatoms. The van der Waals surface area contributed by atoms with Gasteiger partial charge < -0.3 is 19.6 Å². The molecule has 1 aliphatic heterocycles. The lowest BCUT2D eigenvalue weighted by atomic mass is 9.80. The Bertz CT molecular complexity index is 539. The van der Waals surface area contributed by atoms with Gasteiger partial charge in [0, 0.05) is 30.9 Å². The number of hydrogen-bond donors (Lipinski definition) is 1. The molecule has 1 aliphatic rings. The zero-order chi connectivity index (χ0) is 16.5. The summed E-state index contributed by atoms with van der Waals surface area (Å²) < 4.78 is 5.30. The average Bonchev–Trinajstić information content (AvgIpc) is 2.45. The fraction of sp³-hybridized carbons (Fsp3) is 0.588. The monoisotopic (exact) mass is 306 g/mol. The van der Waals surface area contributed by atoms with Crippen molar-refractivity contribution < 1.29 is 14.6 Å². The molecule has 0 spiro atoms. The van der Waals surface area contributed by atoms with E-state index in [2.05, 4.69) is 38.7 Å². The lowest BCUT2D eigenvalue weighted by Crippen LogP contribution is -2.64. The number of carboxylic acid groups (broad SMARTS) is 1. The maximum atomic E-state index is 11.6. The van der Waals surface area contributed by atoms with Crippen molar-refractivity contribution in [1.29, 1.82) is 0 Å². The van der Waals surface area contributed by atoms with Gasteiger partial charge in [-0.05, 0) is 24.5 Å². The molecule has 0 saturated carbocycles. The molecule has 5 nitrogen and oxygen atoms in total. The fourth-order valence-corrected chi connectivity index (χ4v) is 3.55. The Balaban J connectivity index is 2.34. The number of nitrogens with zero attached hydrogens (tertiary/aromatic N) is 2. The first-order valence-corrected chi connectivity index (χ1v) is 7.66. The van der Waals surface area contributed by atoms with Crippen LogP contribution in [0.3, 0.4) is 0 Å². The normalized spacial score (nSPS) is 22.6. The van der Waals surface area contributed by atoms with Gasteiger partial charge in [0.25, 0.3) is 0 Å². The molecule has 1 N–H and O–H groups in total. The van der Waals surface area contributed by atoms with E-state index in [-0.39, 0.29) is 17.5 Å². The third-order valence-corrected chi connectivity index (χ3v) is 4.38. The van der Waals surface area contributed by atoms with E-state index in [1.165, 1.54) is 0 Å². The molecule has 0 aliphatic carbocycles. The molecule has 22 heavy (non-hydrogen) atoms. The number of rotatable bonds is 2. The van der Waals surface area contributed by atoms with Crippen molar-refractivity contribution in [1.82, 2.24) is 4.90 Å². The van der Waals surface area contributed by atoms with E-state index in [0.29, 0.717) is 13.1 Å². The summed E-state index contributed by atoms with van der Waals surface area (Å²) in [7, 11) is 1.66. The van der Waals surface area contributed by atoms with E-state index in [1.807, 2.05) is 18.2 Å². The van der Waals surface area contributed by atoms with Crippen LogP contribution in [0.25, 0.3) is 0 Å². The fourth-order valence-electron chi connectivity index (χ4n) is 3.55. The zero-order valence-corrected chi connectivity index (χ0v) is 14.0. The minimum Gasteiger partial charge on any atom is -0.497 e. The highest BCUT2D eigenvalue weighted by molar-refractivity contribution is 5.67. The van der Waals surface area contributed by atoms with Crippen molar-refractivity contribution in [3.63, 3.8) is 0 Å². The van der Waals surface area contributed by atoms with Crippen molar-refractivity contribution in [2.45, 2.75) is 39.8 Å². The Morgan fingerprint density at radius 2 is 2.00 bits per heavy atom. The van der Waals surface area contributed by atoms with Crippen molar-refractivity contribution in [2.75, 3.05) is 25.1 Å². The summed E-state index contributed by atoms with van der Waals surface area (Å²) in [5.74, 6) is 0.817. The average molecular weight is 306 g/mol. The van der Waals surface area contributed by atoms with Crippen LogP contribution < -0.4 is 9.64 Å². The van der Waals surface area contributed by atoms with Crippen LogP contribution in [0.2, 0.25) is 0 Å². The molecule has 2 rings (SSSR count). The molecule has 0 aromatic heterocycles. The van der Waals surface area contributed by atoms with Crippen LogP contribution >= 0.6 is 0 Å². The van der Waals surface area contributed by atoms with Gasteiger partial charge in [0.1, 0.15) is 5.75 Å². The number of piperazine rings is 1. The number of anilines is 1. The SMILES string of the molecule is COc1cccc(N2CCN(C(=O)O)C(C(C)(C)C)C2C)c1. The summed E-state index contributed by atoms with van der Waals surface area (Å²) in [6.07, 6.45) is -0.836. The highest BCUT2D eigenvalue weighted by Gasteiger charge is 2.43. The summed E-state index contributed by atoms with van der Waals surface area (Å²) in [6, 6.07) is 7.98. The molecule has 122 valence electrons. The van der Waals surface area contributed by atoms with Crippen molar-refractivity contribution in [2.24, 2.45) is 5.41 Å². The first kappa shape index (κ1) is 16.5. The van der Waals surface area contributed by atoms with Gasteiger partial charge >= 0.3 is 6.09 Å². The van der Waals surface area contributed by atoms with Gasteiger partial charge in [-0.25, -0.2) is 4.79 Å². The zero-order valence-electron chi connectivity index (χ0n) is 14.0. The van der Waals surface area contributed by atoms with Crippen LogP contribution in [0, 0.1) is 5.41 Å². The van der Waals surface area contributed by atoms with Crippen LogP contribution in [-0.2, 0) is 0 Å². The molecule has 1 amide bonds. The topological polar surface area (TPSA) is 53.0 Å². The Kier molecular flexibility index (Phi) is 4.54. The second-order valence-corrected chi connectivity index (χ2v) is 6.92. The Morgan fingerprint density at radius 1 is 1.32 bits per heavy atom. The molecular weight excluding hydrogens is 280 g/mol. The summed E-state index contributed by atoms with van der Waals surface area (Å²) in [5.41, 5.74) is 0.946. The highest BCUT2D eigenvalue weighted by Crippen LogP contribution is 2.35. The molecule has 1 aromatic carbocycles. The predicted molar refractivity (Wildman–Crippen MR) is 87.8 cm³/mol. The van der Waals surface area contributed by atoms with Gasteiger partial charge in [-0.3, -0.25) is 0 Å². The van der Waals surface area contributed by atoms with Crippen LogP contribution in [0.15, 0.2) is 24.3 Å². The van der Waals surface area contributed by atoms with Gasteiger partial charge in [-0.1, -0.05) is 26.8 Å². The van der Waals surface area contributed by atoms with Gasteiger partial charge in [0.2, 0.25) is 0 Å². The van der Waals surface area contributed by atoms with Gasteiger partial charge in [0.05, 0.1) is 13.2 Å². The number of benzene rings is 1. The number of ether oxygens (including phenoxy) is 1. The maximum Gasteiger partial charge on any atom is 0.407 e. The lowest BCUT2D eigenvalue weighted by Gasteiger charge is -2.51. The largest absolute Gasteiger partial charge is 0.497 e. The number of hydrogen-bond acceptors (Lipinski definition) is 3. The van der Waals surface area contributed by atoms with Gasteiger partial charge in [-0.15, -0.1) is 0 Å². The molecule has 2 atom stereocenters. The first-order chi connectivity index (χ1) is 10.3. The molecular formula is C17H26N2O3. The van der Waals surface area contributed by atoms with E-state index in [1.54, 1.807) is 12.0 Å². The van der Waals surface area contributed by atoms with Crippen LogP contribution in [-0.4, -0.2) is 48.4 Å². The maximum absolute atomic E-state index is 11.6. The first-order valence-electron chi connectivity index (χ1n) is 7.66. The summed E-state index contributed by atoms with van der Waals surface area (Å²) in [5, 5.41) is 9.52. The standard InChI is InChI=1S/C17H26N2O3/c1-12-15(17(2,3)4)19(16(20)21)10-9-18(12)13-7-6-8-14(11-13)22-5/h6-8,11-12,15H,9-10H2,1-5H3,(H,20,21). The van der Waals surface area contributed by atoms with E-state index in [4.69, 9.17) is 4.74 Å². The van der Waals surface area contributed by atoms with Crippen LogP contribution in [0.4, 0.5) is 10.5 Å². The van der Waals surface area contributed by atoms with Gasteiger partial charge in [0.15, 0.2) is 0 Å². The van der Waals surface area contributed by atoms with E-state index < -0.39 is 6.09 Å². The summed E-state index contributed by atoms with van der Waals surface area (Å²) >= 11 is 0. The second kappa shape index (κ2) is 6.07. The quantitative estimate of drug-likeness (QED) is 0.911. The number of amides is 1. The molecule has 1 heterocycles. The lowest BCUT2D eigenvalue weighted by molar-refractivity contribution is 0.0564. The van der Waals surface area contributed by atoms with Crippen molar-refractivity contribution in [3.05, 3.63) is 24.3 Å². The third-order valence-electron chi connectivity index (χ3n) is 4.38. The Morgan fingerprint density at radius 3 is 2.55 bits per heavy atom. The van der Waals surface area contributed by atoms with Crippen LogP contribution in [0.1, 0.15) is 27.7 Å². The summed E-state index contributed by atoms with van der Waals surface area (Å²) in [4.78, 5) is 15.4. The van der Waals surface area contributed by atoms with E-state index in [0.717, 1.165) is 11.4 Å². The van der Waals surface area contributed by atoms with Crippen molar-refractivity contribution >= 4 is 11.8 Å². The van der Waals surface area contributed by atoms with E-state index >= 15 is 0 Å². The van der Waals surface area contributed by atoms with Gasteiger partial charge in [-0.2, -0.15) is 0 Å². The third kappa shape index (κ3) is 3.13. The molecule has 1 fully saturated rings. The van der Waals surface area contributed by atoms with Crippen LogP contribution in [0.5, 0.6) is 5.75 Å². The molecule has 2 unspecified atom stereocenters. The summed E-state index contributed by atoms with van der Waals surface area (Å²) in [6.45, 7) is 9.59. The van der Waals surface area contributed by atoms with E-state index in [9.17, 15) is 9.90 Å². The second-order valence-electron chi connectivity index (χ2n) is 6.92. The highest BCUT2D eigenvalue weighted by atomic mass is 16.5. The smallest absolute Gasteiger partial charge is 0.407 e. The molecule has 1 aromatic rings. The molecule has 0 bridgehead atoms. The minimum atomic E-state index is -0.836. The molecule has 0 radical (unpaired) electrons. The predicted octanol–water partition coefficient (Wildman–Crippen LogP) is 3.30. The Hall–Kier alpha value is -1.91. The minimum absolute atomic E-state index is 0.0649. The Labute approximate surface area is 132 Å². The number of methoxy groups -OCH3 is 1. The van der Waals surface area contributed by atoms with Crippen molar-refractivity contribution in [3.8, 4) is 5.75 Å². The number of carbonyl (C=O) groups is 1. The molecule has 1 saturated heterocycles.